The third-order valence-electron chi connectivity index (χ3n) is 9.42. The quantitative estimate of drug-likeness (QED) is 0.0199. The molecule has 0 saturated carbocycles. The van der Waals surface area contributed by atoms with Crippen molar-refractivity contribution in [3.05, 3.63) is 24.3 Å². The van der Waals surface area contributed by atoms with Crippen LogP contribution in [0, 0.1) is 0 Å². The number of quaternary nitrogens is 1. The molecule has 2 unspecified atom stereocenters. The number of rotatable bonds is 40. The van der Waals surface area contributed by atoms with Gasteiger partial charge in [0.1, 0.15) is 13.2 Å². The average Bonchev–Trinajstić information content (AvgIpc) is 3.12. The van der Waals surface area contributed by atoms with Gasteiger partial charge in [0, 0.05) is 12.8 Å². The van der Waals surface area contributed by atoms with Crippen LogP contribution in [0.4, 0.5) is 0 Å². The molecule has 0 fully saturated rings. The van der Waals surface area contributed by atoms with Crippen LogP contribution in [0.2, 0.25) is 0 Å². The number of allylic oxidation sites excluding steroid dienone is 4. The van der Waals surface area contributed by atoms with Crippen molar-refractivity contribution in [1.82, 2.24) is 0 Å². The Kier molecular flexibility index (Phi) is 36.1. The summed E-state index contributed by atoms with van der Waals surface area (Å²) < 4.78 is 22.5. The van der Waals surface area contributed by atoms with Crippen molar-refractivity contribution < 1.29 is 42.9 Å². The average molecular weight is 766 g/mol. The van der Waals surface area contributed by atoms with E-state index >= 15 is 0 Å². The zero-order chi connectivity index (χ0) is 40.0. The van der Waals surface area contributed by atoms with Gasteiger partial charge in [0.15, 0.2) is 12.4 Å². The third kappa shape index (κ3) is 38.1. The van der Waals surface area contributed by atoms with Crippen molar-refractivity contribution in [1.29, 1.82) is 0 Å². The van der Waals surface area contributed by atoms with E-state index < -0.39 is 24.3 Å². The summed E-state index contributed by atoms with van der Waals surface area (Å²) in [5, 5.41) is 11.7. The van der Waals surface area contributed by atoms with E-state index in [1.165, 1.54) is 83.5 Å². The number of likely N-dealkylation sites (N-methyl/N-ethyl adjacent to an activating group) is 1. The number of esters is 2. The van der Waals surface area contributed by atoms with Crippen molar-refractivity contribution in [2.24, 2.45) is 0 Å². The van der Waals surface area contributed by atoms with Gasteiger partial charge in [-0.2, -0.15) is 0 Å². The van der Waals surface area contributed by atoms with Crippen molar-refractivity contribution >= 4 is 17.9 Å². The van der Waals surface area contributed by atoms with Gasteiger partial charge in [-0.1, -0.05) is 134 Å². The van der Waals surface area contributed by atoms with E-state index in [-0.39, 0.29) is 38.6 Å². The SMILES string of the molecule is CCCCCC/C=C\CCCCCCCC(=O)OCC(COC(OCC[N+](C)(C)C)C(=O)[O-])OC(=O)CCCCCCC/C=C\CCCCCCCCC. The van der Waals surface area contributed by atoms with Gasteiger partial charge in [-0.05, 0) is 64.2 Å². The molecule has 0 aliphatic carbocycles. The third-order valence-corrected chi connectivity index (χ3v) is 9.42. The predicted molar refractivity (Wildman–Crippen MR) is 219 cm³/mol. The molecule has 0 aliphatic heterocycles. The van der Waals surface area contributed by atoms with Crippen LogP contribution in [0.5, 0.6) is 0 Å². The van der Waals surface area contributed by atoms with Gasteiger partial charge in [-0.15, -0.1) is 0 Å². The Balaban J connectivity index is 4.48. The lowest BCUT2D eigenvalue weighted by atomic mass is 10.1. The topological polar surface area (TPSA) is 111 Å². The molecule has 0 radical (unpaired) electrons. The number of ether oxygens (including phenoxy) is 4. The van der Waals surface area contributed by atoms with Gasteiger partial charge < -0.3 is 33.3 Å². The Labute approximate surface area is 331 Å². The van der Waals surface area contributed by atoms with Crippen LogP contribution < -0.4 is 5.11 Å². The highest BCUT2D eigenvalue weighted by molar-refractivity contribution is 5.70. The molecule has 0 amide bonds. The highest BCUT2D eigenvalue weighted by atomic mass is 16.7. The Hall–Kier alpha value is -2.23. The number of carboxylic acid groups (broad SMARTS) is 1. The molecule has 9 nitrogen and oxygen atoms in total. The molecule has 0 aromatic carbocycles. The zero-order valence-corrected chi connectivity index (χ0v) is 35.6. The summed E-state index contributed by atoms with van der Waals surface area (Å²) in [6.07, 6.45) is 36.3. The lowest BCUT2D eigenvalue weighted by Gasteiger charge is -2.26. The molecule has 9 heteroatoms. The maximum absolute atomic E-state index is 12.7. The van der Waals surface area contributed by atoms with Gasteiger partial charge in [-0.3, -0.25) is 9.59 Å². The lowest BCUT2D eigenvalue weighted by molar-refractivity contribution is -0.870. The Morgan fingerprint density at radius 3 is 1.39 bits per heavy atom. The number of aliphatic carboxylic acids is 1. The minimum atomic E-state index is -1.62. The zero-order valence-electron chi connectivity index (χ0n) is 35.6. The number of hydrogen-bond donors (Lipinski definition) is 0. The largest absolute Gasteiger partial charge is 0.545 e. The van der Waals surface area contributed by atoms with Crippen molar-refractivity contribution in [3.8, 4) is 0 Å². The Morgan fingerprint density at radius 2 is 0.944 bits per heavy atom. The monoisotopic (exact) mass is 766 g/mol. The second-order valence-electron chi connectivity index (χ2n) is 16.0. The number of carboxylic acids is 1. The van der Waals surface area contributed by atoms with Crippen molar-refractivity contribution in [2.45, 2.75) is 200 Å². The molecule has 316 valence electrons. The first-order valence-corrected chi connectivity index (χ1v) is 22.0. The van der Waals surface area contributed by atoms with E-state index in [1.807, 2.05) is 21.1 Å². The van der Waals surface area contributed by atoms with Crippen LogP contribution in [0.3, 0.4) is 0 Å². The first kappa shape index (κ1) is 51.8. The van der Waals surface area contributed by atoms with E-state index in [0.29, 0.717) is 17.4 Å². The molecule has 0 heterocycles. The van der Waals surface area contributed by atoms with Crippen LogP contribution in [-0.4, -0.2) is 82.3 Å². The van der Waals surface area contributed by atoms with Gasteiger partial charge >= 0.3 is 11.9 Å². The Bertz CT molecular complexity index is 944. The van der Waals surface area contributed by atoms with E-state index in [4.69, 9.17) is 18.9 Å². The smallest absolute Gasteiger partial charge is 0.306 e. The number of carbonyl (C=O) groups excluding carboxylic acids is 3. The van der Waals surface area contributed by atoms with Gasteiger partial charge in [-0.25, -0.2) is 0 Å². The predicted octanol–water partition coefficient (Wildman–Crippen LogP) is 9.94. The number of hydrogen-bond acceptors (Lipinski definition) is 8. The lowest BCUT2D eigenvalue weighted by Crippen LogP contribution is -2.44. The van der Waals surface area contributed by atoms with Gasteiger partial charge in [0.25, 0.3) is 0 Å². The molecule has 0 spiro atoms. The van der Waals surface area contributed by atoms with Crippen LogP contribution in [0.1, 0.15) is 187 Å². The maximum atomic E-state index is 12.7. The first-order chi connectivity index (χ1) is 26.1. The minimum absolute atomic E-state index is 0.146. The molecular weight excluding hydrogens is 682 g/mol. The maximum Gasteiger partial charge on any atom is 0.306 e. The molecule has 0 aliphatic rings. The summed E-state index contributed by atoms with van der Waals surface area (Å²) in [4.78, 5) is 36.9. The number of unbranched alkanes of at least 4 members (excludes halogenated alkanes) is 21. The standard InChI is InChI=1S/C45H83NO8/c1-6-8-10-12-14-16-18-20-21-22-24-26-28-30-32-34-36-43(48)54-41(40-53-45(44(49)50)51-38-37-46(3,4)5)39-52-42(47)35-33-31-29-27-25-23-19-17-15-13-11-9-7-2/h17,19,21-22,41,45H,6-16,18,20,23-40H2,1-5H3/b19-17-,22-21-. The molecule has 0 N–H and O–H groups in total. The Morgan fingerprint density at radius 1 is 0.537 bits per heavy atom. The fraction of sp³-hybridized carbons (Fsp3) is 0.844. The fourth-order valence-corrected chi connectivity index (χ4v) is 5.93. The summed E-state index contributed by atoms with van der Waals surface area (Å²) >= 11 is 0. The molecule has 2 atom stereocenters. The first-order valence-electron chi connectivity index (χ1n) is 22.0. The van der Waals surface area contributed by atoms with E-state index in [1.54, 1.807) is 0 Å². The van der Waals surface area contributed by atoms with Crippen molar-refractivity contribution in [2.75, 3.05) is 47.5 Å². The van der Waals surface area contributed by atoms with E-state index in [0.717, 1.165) is 70.6 Å². The molecule has 0 rings (SSSR count). The summed E-state index contributed by atoms with van der Waals surface area (Å²) in [6, 6.07) is 0. The fourth-order valence-electron chi connectivity index (χ4n) is 5.93. The van der Waals surface area contributed by atoms with Crippen LogP contribution in [0.25, 0.3) is 0 Å². The second kappa shape index (κ2) is 37.7. The van der Waals surface area contributed by atoms with Crippen LogP contribution >= 0.6 is 0 Å². The van der Waals surface area contributed by atoms with Gasteiger partial charge in [0.2, 0.25) is 0 Å². The summed E-state index contributed by atoms with van der Waals surface area (Å²) in [5.41, 5.74) is 0. The minimum Gasteiger partial charge on any atom is -0.545 e. The van der Waals surface area contributed by atoms with Crippen molar-refractivity contribution in [3.63, 3.8) is 0 Å². The van der Waals surface area contributed by atoms with E-state index in [2.05, 4.69) is 38.2 Å². The number of nitrogens with zero attached hydrogens (tertiary/aromatic N) is 1. The summed E-state index contributed by atoms with van der Waals surface area (Å²) in [5.74, 6) is -2.30. The molecule has 0 aromatic rings. The molecule has 0 bridgehead atoms. The summed E-state index contributed by atoms with van der Waals surface area (Å²) in [7, 11) is 5.90. The molecular formula is C45H83NO8. The highest BCUT2D eigenvalue weighted by Crippen LogP contribution is 2.13. The van der Waals surface area contributed by atoms with Crippen LogP contribution in [-0.2, 0) is 33.3 Å². The summed E-state index contributed by atoms with van der Waals surface area (Å²) in [6.45, 7) is 4.70. The molecule has 0 saturated heterocycles. The highest BCUT2D eigenvalue weighted by Gasteiger charge is 2.21. The van der Waals surface area contributed by atoms with Crippen LogP contribution in [0.15, 0.2) is 24.3 Å². The van der Waals surface area contributed by atoms with E-state index in [9.17, 15) is 19.5 Å². The molecule has 54 heavy (non-hydrogen) atoms. The van der Waals surface area contributed by atoms with Gasteiger partial charge in [0.05, 0.1) is 40.3 Å². The molecule has 0 aromatic heterocycles. The second-order valence-corrected chi connectivity index (χ2v) is 16.0. The number of carbonyl (C=O) groups is 3. The normalized spacial score (nSPS) is 13.1.